The highest BCUT2D eigenvalue weighted by Gasteiger charge is 2.42. The Morgan fingerprint density at radius 1 is 1.26 bits per heavy atom. The van der Waals surface area contributed by atoms with Crippen molar-refractivity contribution in [3.63, 3.8) is 0 Å². The Hall–Kier alpha value is -2.30. The van der Waals surface area contributed by atoms with E-state index in [9.17, 15) is 4.79 Å². The van der Waals surface area contributed by atoms with Gasteiger partial charge >= 0.3 is 0 Å². The van der Waals surface area contributed by atoms with Crippen molar-refractivity contribution in [2.75, 3.05) is 0 Å². The van der Waals surface area contributed by atoms with Crippen molar-refractivity contribution in [2.24, 2.45) is 18.9 Å². The molecule has 2 aromatic rings. The summed E-state index contributed by atoms with van der Waals surface area (Å²) in [7, 11) is 1.80. The highest BCUT2D eigenvalue weighted by Crippen LogP contribution is 2.45. The lowest BCUT2D eigenvalue weighted by Crippen LogP contribution is -2.53. The number of benzene rings is 1. The van der Waals surface area contributed by atoms with Gasteiger partial charge in [-0.25, -0.2) is 4.68 Å². The van der Waals surface area contributed by atoms with E-state index in [2.05, 4.69) is 17.3 Å². The average Bonchev–Trinajstić information content (AvgIpc) is 3.03. The van der Waals surface area contributed by atoms with Gasteiger partial charge < -0.3 is 10.1 Å². The number of hydrogen-bond donors (Lipinski definition) is 1. The fraction of sp³-hybridized carbons (Fsp3) is 0.545. The third-order valence-corrected chi connectivity index (χ3v) is 6.39. The van der Waals surface area contributed by atoms with Gasteiger partial charge in [-0.05, 0) is 49.7 Å². The van der Waals surface area contributed by atoms with Crippen LogP contribution in [0.5, 0.6) is 11.6 Å². The number of ether oxygens (including phenoxy) is 1. The van der Waals surface area contributed by atoms with Crippen molar-refractivity contribution in [2.45, 2.75) is 57.4 Å². The van der Waals surface area contributed by atoms with Crippen LogP contribution in [0.1, 0.15) is 62.2 Å². The minimum atomic E-state index is -0.0923. The molecule has 1 aromatic heterocycles. The van der Waals surface area contributed by atoms with Crippen LogP contribution in [0.25, 0.3) is 0 Å². The van der Waals surface area contributed by atoms with Crippen LogP contribution in [0.15, 0.2) is 36.5 Å². The zero-order valence-corrected chi connectivity index (χ0v) is 16.3. The predicted molar refractivity (Wildman–Crippen MR) is 105 cm³/mol. The van der Waals surface area contributed by atoms with E-state index in [-0.39, 0.29) is 11.4 Å². The van der Waals surface area contributed by atoms with Gasteiger partial charge in [0, 0.05) is 12.6 Å². The standard InChI is InChI=1S/C22H29N3O2/c1-3-22(13-16-8-7-9-17(12-16)14-22)24-20(26)19-15-23-25(2)21(19)27-18-10-5-4-6-11-18/h4-6,10-11,15-17H,3,7-9,12-14H2,1-2H3,(H,24,26). The molecule has 1 amide bonds. The molecule has 2 bridgehead atoms. The first kappa shape index (κ1) is 18.1. The molecular weight excluding hydrogens is 338 g/mol. The second-order valence-corrected chi connectivity index (χ2v) is 8.30. The van der Waals surface area contributed by atoms with Crippen LogP contribution >= 0.6 is 0 Å². The fourth-order valence-electron chi connectivity index (χ4n) is 5.05. The third-order valence-electron chi connectivity index (χ3n) is 6.39. The Kier molecular flexibility index (Phi) is 4.94. The molecule has 0 aliphatic heterocycles. The summed E-state index contributed by atoms with van der Waals surface area (Å²) in [5.41, 5.74) is 0.412. The molecule has 1 heterocycles. The van der Waals surface area contributed by atoms with Gasteiger partial charge in [-0.1, -0.05) is 44.4 Å². The molecule has 2 fully saturated rings. The molecule has 2 atom stereocenters. The largest absolute Gasteiger partial charge is 0.438 e. The molecule has 2 unspecified atom stereocenters. The minimum Gasteiger partial charge on any atom is -0.438 e. The number of nitrogens with one attached hydrogen (secondary N) is 1. The molecule has 1 N–H and O–H groups in total. The van der Waals surface area contributed by atoms with Crippen molar-refractivity contribution in [1.82, 2.24) is 15.1 Å². The summed E-state index contributed by atoms with van der Waals surface area (Å²) in [5.74, 6) is 2.63. The van der Waals surface area contributed by atoms with Gasteiger partial charge in [0.15, 0.2) is 0 Å². The molecule has 4 rings (SSSR count). The number of nitrogens with zero attached hydrogens (tertiary/aromatic N) is 2. The quantitative estimate of drug-likeness (QED) is 0.834. The molecule has 1 aromatic carbocycles. The van der Waals surface area contributed by atoms with Crippen LogP contribution in [0.3, 0.4) is 0 Å². The zero-order chi connectivity index (χ0) is 18.9. The van der Waals surface area contributed by atoms with E-state index >= 15 is 0 Å². The van der Waals surface area contributed by atoms with Gasteiger partial charge in [0.05, 0.1) is 6.20 Å². The molecule has 0 spiro atoms. The van der Waals surface area contributed by atoms with E-state index < -0.39 is 0 Å². The fourth-order valence-corrected chi connectivity index (χ4v) is 5.05. The van der Waals surface area contributed by atoms with Gasteiger partial charge in [-0.2, -0.15) is 5.10 Å². The lowest BCUT2D eigenvalue weighted by Gasteiger charge is -2.47. The average molecular weight is 367 g/mol. The van der Waals surface area contributed by atoms with Gasteiger partial charge in [0.1, 0.15) is 11.3 Å². The second-order valence-electron chi connectivity index (χ2n) is 8.30. The third kappa shape index (κ3) is 3.73. The van der Waals surface area contributed by atoms with Crippen LogP contribution in [0.2, 0.25) is 0 Å². The normalized spacial score (nSPS) is 27.2. The van der Waals surface area contributed by atoms with Crippen molar-refractivity contribution < 1.29 is 9.53 Å². The lowest BCUT2D eigenvalue weighted by molar-refractivity contribution is 0.0652. The molecule has 2 aliphatic rings. The van der Waals surface area contributed by atoms with Gasteiger partial charge in [0.25, 0.3) is 5.91 Å². The first-order valence-electron chi connectivity index (χ1n) is 10.2. The van der Waals surface area contributed by atoms with E-state index in [0.717, 1.165) is 31.1 Å². The summed E-state index contributed by atoms with van der Waals surface area (Å²) in [4.78, 5) is 13.2. The van der Waals surface area contributed by atoms with E-state index in [1.165, 1.54) is 25.7 Å². The predicted octanol–water partition coefficient (Wildman–Crippen LogP) is 4.69. The SMILES string of the molecule is CCC1(NC(=O)c2cnn(C)c2Oc2ccccc2)CC2CCCC(C2)C1. The van der Waals surface area contributed by atoms with Crippen LogP contribution in [0, 0.1) is 11.8 Å². The molecule has 5 heteroatoms. The highest BCUT2D eigenvalue weighted by molar-refractivity contribution is 5.96. The summed E-state index contributed by atoms with van der Waals surface area (Å²) < 4.78 is 7.59. The summed E-state index contributed by atoms with van der Waals surface area (Å²) in [6.07, 6.45) is 10.1. The zero-order valence-electron chi connectivity index (χ0n) is 16.3. The number of carbonyl (C=O) groups is 1. The number of para-hydroxylation sites is 1. The molecule has 27 heavy (non-hydrogen) atoms. The van der Waals surface area contributed by atoms with Crippen molar-refractivity contribution in [1.29, 1.82) is 0 Å². The van der Waals surface area contributed by atoms with Crippen molar-refractivity contribution in [3.05, 3.63) is 42.1 Å². The number of rotatable bonds is 5. The maximum Gasteiger partial charge on any atom is 0.258 e. The molecule has 0 radical (unpaired) electrons. The highest BCUT2D eigenvalue weighted by atomic mass is 16.5. The Bertz CT molecular complexity index is 787. The lowest BCUT2D eigenvalue weighted by atomic mass is 9.64. The van der Waals surface area contributed by atoms with Gasteiger partial charge in [-0.15, -0.1) is 0 Å². The van der Waals surface area contributed by atoms with Crippen LogP contribution in [0.4, 0.5) is 0 Å². The summed E-state index contributed by atoms with van der Waals surface area (Å²) in [6.45, 7) is 2.20. The molecule has 2 saturated carbocycles. The molecule has 5 nitrogen and oxygen atoms in total. The van der Waals surface area contributed by atoms with Gasteiger partial charge in [-0.3, -0.25) is 4.79 Å². The van der Waals surface area contributed by atoms with E-state index in [1.54, 1.807) is 17.9 Å². The first-order chi connectivity index (χ1) is 13.1. The summed E-state index contributed by atoms with van der Waals surface area (Å²) in [6, 6.07) is 9.53. The van der Waals surface area contributed by atoms with Crippen molar-refractivity contribution in [3.8, 4) is 11.6 Å². The number of carbonyl (C=O) groups excluding carboxylic acids is 1. The second kappa shape index (κ2) is 7.37. The summed E-state index contributed by atoms with van der Waals surface area (Å²) >= 11 is 0. The van der Waals surface area contributed by atoms with Crippen molar-refractivity contribution >= 4 is 5.91 Å². The molecule has 2 aliphatic carbocycles. The molecule has 0 saturated heterocycles. The Balaban J connectivity index is 1.54. The van der Waals surface area contributed by atoms with Gasteiger partial charge in [0.2, 0.25) is 5.88 Å². The number of amides is 1. The topological polar surface area (TPSA) is 56.2 Å². The minimum absolute atomic E-state index is 0.0733. The number of hydrogen-bond acceptors (Lipinski definition) is 3. The maximum absolute atomic E-state index is 13.2. The monoisotopic (exact) mass is 367 g/mol. The van der Waals surface area contributed by atoms with Crippen LogP contribution in [-0.2, 0) is 7.05 Å². The smallest absolute Gasteiger partial charge is 0.258 e. The number of aryl methyl sites for hydroxylation is 1. The first-order valence-corrected chi connectivity index (χ1v) is 10.2. The summed E-state index contributed by atoms with van der Waals surface area (Å²) in [5, 5.41) is 7.66. The van der Waals surface area contributed by atoms with E-state index in [0.29, 0.717) is 17.2 Å². The molecular formula is C22H29N3O2. The van der Waals surface area contributed by atoms with Crippen LogP contribution in [-0.4, -0.2) is 21.2 Å². The van der Waals surface area contributed by atoms with E-state index in [4.69, 9.17) is 4.74 Å². The number of fused-ring (bicyclic) bond motifs is 2. The Labute approximate surface area is 161 Å². The Morgan fingerprint density at radius 3 is 2.63 bits per heavy atom. The molecule has 144 valence electrons. The number of aromatic nitrogens is 2. The van der Waals surface area contributed by atoms with E-state index in [1.807, 2.05) is 30.3 Å². The Morgan fingerprint density at radius 2 is 1.96 bits per heavy atom. The van der Waals surface area contributed by atoms with Crippen LogP contribution < -0.4 is 10.1 Å². The maximum atomic E-state index is 13.2.